The van der Waals surface area contributed by atoms with Crippen molar-refractivity contribution in [1.29, 1.82) is 0 Å². The minimum absolute atomic E-state index is 0. The Bertz CT molecular complexity index is 532. The first-order chi connectivity index (χ1) is 9.74. The maximum atomic E-state index is 5.51. The number of rotatable bonds is 1. The molecule has 0 spiro atoms. The molecule has 3 heteroatoms. The number of benzene rings is 1. The summed E-state index contributed by atoms with van der Waals surface area (Å²) < 4.78 is 5.51. The van der Waals surface area contributed by atoms with E-state index in [1.807, 2.05) is 0 Å². The molecule has 3 atom stereocenters. The van der Waals surface area contributed by atoms with Gasteiger partial charge in [0.2, 0.25) is 0 Å². The van der Waals surface area contributed by atoms with E-state index in [9.17, 15) is 0 Å². The number of halogens is 1. The molecule has 1 saturated heterocycles. The van der Waals surface area contributed by atoms with Gasteiger partial charge in [0.25, 0.3) is 0 Å². The summed E-state index contributed by atoms with van der Waals surface area (Å²) in [7, 11) is 4.12. The van der Waals surface area contributed by atoms with Gasteiger partial charge in [-0.3, -0.25) is 0 Å². The van der Waals surface area contributed by atoms with Crippen LogP contribution in [-0.4, -0.2) is 31.6 Å². The molecule has 1 aromatic rings. The minimum atomic E-state index is 0. The maximum Gasteiger partial charge on any atom is 0.119 e. The number of methoxy groups -OCH3 is 1. The SMILES string of the molecule is Br.COc1ccc2c(c1)[C@]13CCCC[C@@H]1[C@@H](C2)N(C)CC3. The predicted molar refractivity (Wildman–Crippen MR) is 91.7 cm³/mol. The zero-order valence-electron chi connectivity index (χ0n) is 13.1. The van der Waals surface area contributed by atoms with Gasteiger partial charge in [-0.25, -0.2) is 0 Å². The Morgan fingerprint density at radius 3 is 2.90 bits per heavy atom. The van der Waals surface area contributed by atoms with E-state index in [4.69, 9.17) is 4.74 Å². The molecule has 116 valence electrons. The number of piperidine rings is 1. The monoisotopic (exact) mass is 351 g/mol. The number of likely N-dealkylation sites (tertiary alicyclic amines) is 1. The smallest absolute Gasteiger partial charge is 0.119 e. The van der Waals surface area contributed by atoms with Crippen molar-refractivity contribution >= 4 is 17.0 Å². The molecule has 4 rings (SSSR count). The van der Waals surface area contributed by atoms with Gasteiger partial charge in [0.1, 0.15) is 5.75 Å². The highest BCUT2D eigenvalue weighted by atomic mass is 79.9. The summed E-state index contributed by atoms with van der Waals surface area (Å²) in [6, 6.07) is 7.60. The molecule has 0 N–H and O–H groups in total. The summed E-state index contributed by atoms with van der Waals surface area (Å²) in [4.78, 5) is 2.63. The molecule has 1 aliphatic heterocycles. The first kappa shape index (κ1) is 15.4. The van der Waals surface area contributed by atoms with E-state index in [1.54, 1.807) is 18.2 Å². The maximum absolute atomic E-state index is 5.51. The van der Waals surface area contributed by atoms with Crippen LogP contribution in [0.15, 0.2) is 18.2 Å². The zero-order valence-corrected chi connectivity index (χ0v) is 14.8. The normalized spacial score (nSPS) is 34.4. The van der Waals surface area contributed by atoms with Gasteiger partial charge in [-0.1, -0.05) is 18.9 Å². The molecule has 0 aromatic heterocycles. The number of nitrogens with zero attached hydrogens (tertiary/aromatic N) is 1. The van der Waals surface area contributed by atoms with E-state index in [2.05, 4.69) is 30.1 Å². The third-order valence-electron chi connectivity index (χ3n) is 6.32. The Morgan fingerprint density at radius 1 is 1.24 bits per heavy atom. The fourth-order valence-corrected chi connectivity index (χ4v) is 5.30. The van der Waals surface area contributed by atoms with Gasteiger partial charge in [0, 0.05) is 11.5 Å². The van der Waals surface area contributed by atoms with Crippen LogP contribution in [0.25, 0.3) is 0 Å². The number of likely N-dealkylation sites (N-methyl/N-ethyl adjacent to an activating group) is 1. The molecule has 0 radical (unpaired) electrons. The summed E-state index contributed by atoms with van der Waals surface area (Å²) in [5.41, 5.74) is 3.67. The summed E-state index contributed by atoms with van der Waals surface area (Å²) in [5.74, 6) is 1.91. The zero-order chi connectivity index (χ0) is 13.7. The number of hydrogen-bond donors (Lipinski definition) is 0. The Hall–Kier alpha value is -0.540. The van der Waals surface area contributed by atoms with E-state index in [0.717, 1.165) is 17.7 Å². The van der Waals surface area contributed by atoms with E-state index < -0.39 is 0 Å². The fraction of sp³-hybridized carbons (Fsp3) is 0.667. The molecule has 1 saturated carbocycles. The van der Waals surface area contributed by atoms with Crippen LogP contribution in [0.2, 0.25) is 0 Å². The lowest BCUT2D eigenvalue weighted by Crippen LogP contribution is -2.59. The molecular weight excluding hydrogens is 326 g/mol. The molecule has 2 aliphatic carbocycles. The predicted octanol–water partition coefficient (Wildman–Crippen LogP) is 3.96. The first-order valence-electron chi connectivity index (χ1n) is 8.12. The number of hydrogen-bond acceptors (Lipinski definition) is 2. The van der Waals surface area contributed by atoms with Crippen LogP contribution < -0.4 is 4.74 Å². The standard InChI is InChI=1S/C18H25NO.BrH/c1-19-10-9-18-8-4-3-5-15(18)17(19)11-13-6-7-14(20-2)12-16(13)18;/h6-7,12,15,17H,3-5,8-11H2,1-2H3;1H/t15-,17-,18+;/m1./s1. The van der Waals surface area contributed by atoms with E-state index >= 15 is 0 Å². The van der Waals surface area contributed by atoms with Crippen LogP contribution in [0, 0.1) is 5.92 Å². The quantitative estimate of drug-likeness (QED) is 0.759. The van der Waals surface area contributed by atoms with Crippen LogP contribution in [0.1, 0.15) is 43.2 Å². The molecule has 2 fully saturated rings. The van der Waals surface area contributed by atoms with Gasteiger partial charge in [-0.2, -0.15) is 0 Å². The molecule has 0 amide bonds. The van der Waals surface area contributed by atoms with Crippen molar-refractivity contribution in [3.8, 4) is 5.75 Å². The summed E-state index contributed by atoms with van der Waals surface area (Å²) in [6.07, 6.45) is 8.22. The summed E-state index contributed by atoms with van der Waals surface area (Å²) >= 11 is 0. The molecular formula is C18H26BrNO. The Morgan fingerprint density at radius 2 is 2.10 bits per heavy atom. The Kier molecular flexibility index (Phi) is 4.08. The molecule has 21 heavy (non-hydrogen) atoms. The van der Waals surface area contributed by atoms with Gasteiger partial charge in [-0.05, 0) is 68.5 Å². The second kappa shape index (κ2) is 5.58. The van der Waals surface area contributed by atoms with Crippen LogP contribution in [0.3, 0.4) is 0 Å². The van der Waals surface area contributed by atoms with Crippen LogP contribution in [0.5, 0.6) is 5.75 Å². The fourth-order valence-electron chi connectivity index (χ4n) is 5.30. The number of fused-ring (bicyclic) bond motifs is 1. The first-order valence-corrected chi connectivity index (χ1v) is 8.12. The van der Waals surface area contributed by atoms with Crippen molar-refractivity contribution in [2.45, 2.75) is 50.0 Å². The average molecular weight is 352 g/mol. The molecule has 1 heterocycles. The van der Waals surface area contributed by atoms with Crippen LogP contribution >= 0.6 is 17.0 Å². The van der Waals surface area contributed by atoms with E-state index in [0.29, 0.717) is 5.41 Å². The summed E-state index contributed by atoms with van der Waals surface area (Å²) in [6.45, 7) is 1.26. The second-order valence-corrected chi connectivity index (χ2v) is 7.03. The minimum Gasteiger partial charge on any atom is -0.497 e. The highest BCUT2D eigenvalue weighted by Crippen LogP contribution is 2.55. The van der Waals surface area contributed by atoms with Gasteiger partial charge < -0.3 is 9.64 Å². The highest BCUT2D eigenvalue weighted by Gasteiger charge is 2.53. The van der Waals surface area contributed by atoms with Gasteiger partial charge >= 0.3 is 0 Å². The van der Waals surface area contributed by atoms with E-state index in [1.165, 1.54) is 45.1 Å². The van der Waals surface area contributed by atoms with Crippen molar-refractivity contribution in [1.82, 2.24) is 4.90 Å². The lowest BCUT2D eigenvalue weighted by Gasteiger charge is -2.58. The van der Waals surface area contributed by atoms with Crippen molar-refractivity contribution in [3.63, 3.8) is 0 Å². The Labute approximate surface area is 138 Å². The lowest BCUT2D eigenvalue weighted by molar-refractivity contribution is 0.00274. The van der Waals surface area contributed by atoms with Crippen molar-refractivity contribution in [3.05, 3.63) is 29.3 Å². The third kappa shape index (κ3) is 2.16. The topological polar surface area (TPSA) is 12.5 Å². The van der Waals surface area contributed by atoms with Gasteiger partial charge in [0.05, 0.1) is 7.11 Å². The van der Waals surface area contributed by atoms with Crippen LogP contribution in [0.4, 0.5) is 0 Å². The lowest BCUT2D eigenvalue weighted by atomic mass is 9.52. The number of ether oxygens (including phenoxy) is 1. The Balaban J connectivity index is 0.00000132. The van der Waals surface area contributed by atoms with E-state index in [-0.39, 0.29) is 17.0 Å². The van der Waals surface area contributed by atoms with Crippen molar-refractivity contribution in [2.24, 2.45) is 5.92 Å². The van der Waals surface area contributed by atoms with Crippen LogP contribution in [-0.2, 0) is 11.8 Å². The van der Waals surface area contributed by atoms with Crippen molar-refractivity contribution in [2.75, 3.05) is 20.7 Å². The van der Waals surface area contributed by atoms with Gasteiger partial charge in [-0.15, -0.1) is 17.0 Å². The molecule has 2 bridgehead atoms. The molecule has 3 aliphatic rings. The third-order valence-corrected chi connectivity index (χ3v) is 6.32. The molecule has 1 aromatic carbocycles. The highest BCUT2D eigenvalue weighted by molar-refractivity contribution is 8.93. The molecule has 0 unspecified atom stereocenters. The van der Waals surface area contributed by atoms with Gasteiger partial charge in [0.15, 0.2) is 0 Å². The largest absolute Gasteiger partial charge is 0.497 e. The molecule has 2 nitrogen and oxygen atoms in total. The second-order valence-electron chi connectivity index (χ2n) is 7.03. The summed E-state index contributed by atoms with van der Waals surface area (Å²) in [5, 5.41) is 0. The van der Waals surface area contributed by atoms with Crippen molar-refractivity contribution < 1.29 is 4.74 Å². The average Bonchev–Trinajstić information content (AvgIpc) is 2.50.